The van der Waals surface area contributed by atoms with Crippen LogP contribution in [0.25, 0.3) is 0 Å². The van der Waals surface area contributed by atoms with Gasteiger partial charge >= 0.3 is 5.97 Å². The van der Waals surface area contributed by atoms with Crippen LogP contribution in [-0.4, -0.2) is 46.7 Å². The molecule has 2 aromatic carbocycles. The van der Waals surface area contributed by atoms with E-state index >= 15 is 0 Å². The Morgan fingerprint density at radius 1 is 1.09 bits per heavy atom. The number of nitrogens with one attached hydrogen (secondary N) is 1. The Morgan fingerprint density at radius 2 is 1.79 bits per heavy atom. The minimum absolute atomic E-state index is 0.0893. The number of hydrogen-bond acceptors (Lipinski definition) is 6. The van der Waals surface area contributed by atoms with Crippen LogP contribution in [0.1, 0.15) is 55.5 Å². The number of rotatable bonds is 7. The molecule has 0 atom stereocenters. The average Bonchev–Trinajstić information content (AvgIpc) is 2.81. The van der Waals surface area contributed by atoms with Crippen LogP contribution in [0.2, 0.25) is 0 Å². The summed E-state index contributed by atoms with van der Waals surface area (Å²) < 4.78 is 5.32. The minimum Gasteiger partial charge on any atom is -0.426 e. The third kappa shape index (κ3) is 6.65. The number of ether oxygens (including phenoxy) is 1. The zero-order valence-corrected chi connectivity index (χ0v) is 18.9. The fraction of sp³-hybridized carbons (Fsp3) is 0.360. The molecule has 1 fully saturated rings. The molecule has 33 heavy (non-hydrogen) atoms. The molecule has 0 aromatic heterocycles. The highest BCUT2D eigenvalue weighted by Crippen LogP contribution is 2.28. The van der Waals surface area contributed by atoms with Crippen molar-refractivity contribution in [3.63, 3.8) is 0 Å². The molecule has 8 nitrogen and oxygen atoms in total. The number of anilines is 1. The lowest BCUT2D eigenvalue weighted by Gasteiger charge is -2.31. The van der Waals surface area contributed by atoms with Gasteiger partial charge in [0.25, 0.3) is 5.91 Å². The maximum absolute atomic E-state index is 12.5. The largest absolute Gasteiger partial charge is 0.426 e. The first-order chi connectivity index (χ1) is 15.9. The normalized spacial score (nSPS) is 14.6. The summed E-state index contributed by atoms with van der Waals surface area (Å²) in [7, 11) is 0. The number of esters is 1. The Labute approximate surface area is 193 Å². The molecule has 0 saturated carbocycles. The first kappa shape index (κ1) is 24.0. The second-order valence-corrected chi connectivity index (χ2v) is 8.16. The van der Waals surface area contributed by atoms with E-state index in [0.717, 1.165) is 32.4 Å². The summed E-state index contributed by atoms with van der Waals surface area (Å²) in [6.45, 7) is 4.33. The summed E-state index contributed by atoms with van der Waals surface area (Å²) in [5, 5.41) is 16.0. The predicted molar refractivity (Wildman–Crippen MR) is 125 cm³/mol. The van der Waals surface area contributed by atoms with Gasteiger partial charge in [0.15, 0.2) is 0 Å². The molecule has 0 spiro atoms. The number of benzene rings is 2. The number of amides is 2. The molecule has 1 aliphatic heterocycles. The molecule has 3 rings (SSSR count). The van der Waals surface area contributed by atoms with Crippen molar-refractivity contribution in [2.45, 2.75) is 39.5 Å². The molecule has 8 heteroatoms. The van der Waals surface area contributed by atoms with E-state index in [2.05, 4.69) is 10.5 Å². The molecule has 1 saturated heterocycles. The highest BCUT2D eigenvalue weighted by atomic mass is 16.5. The van der Waals surface area contributed by atoms with Gasteiger partial charge in [-0.2, -0.15) is 0 Å². The first-order valence-electron chi connectivity index (χ1n) is 11.0. The van der Waals surface area contributed by atoms with Gasteiger partial charge in [-0.1, -0.05) is 23.4 Å². The van der Waals surface area contributed by atoms with E-state index in [4.69, 9.17) is 4.74 Å². The van der Waals surface area contributed by atoms with Gasteiger partial charge in [0, 0.05) is 43.8 Å². The van der Waals surface area contributed by atoms with E-state index in [-0.39, 0.29) is 17.6 Å². The number of oxime groups is 1. The third-order valence-corrected chi connectivity index (χ3v) is 5.81. The molecular formula is C25H29N3O5. The van der Waals surface area contributed by atoms with Gasteiger partial charge in [0.1, 0.15) is 5.75 Å². The van der Waals surface area contributed by atoms with E-state index in [1.807, 2.05) is 11.0 Å². The third-order valence-electron chi connectivity index (χ3n) is 5.81. The zero-order chi connectivity index (χ0) is 23.8. The molecule has 1 heterocycles. The van der Waals surface area contributed by atoms with Crippen molar-refractivity contribution >= 4 is 29.2 Å². The molecular weight excluding hydrogens is 422 g/mol. The van der Waals surface area contributed by atoms with E-state index in [1.165, 1.54) is 6.92 Å². The Bertz CT molecular complexity index is 1030. The van der Waals surface area contributed by atoms with Crippen LogP contribution in [0.15, 0.2) is 53.7 Å². The number of carbonyl (C=O) groups excluding carboxylic acids is 3. The lowest BCUT2D eigenvalue weighted by Crippen LogP contribution is -2.37. The molecule has 0 bridgehead atoms. The molecule has 0 radical (unpaired) electrons. The van der Waals surface area contributed by atoms with Crippen LogP contribution in [0.4, 0.5) is 5.69 Å². The number of piperidine rings is 1. The highest BCUT2D eigenvalue weighted by molar-refractivity contribution is 6.07. The maximum Gasteiger partial charge on any atom is 0.308 e. The maximum atomic E-state index is 12.5. The quantitative estimate of drug-likeness (QED) is 0.217. The number of carbonyl (C=O) groups is 3. The summed E-state index contributed by atoms with van der Waals surface area (Å²) in [6, 6.07) is 13.7. The smallest absolute Gasteiger partial charge is 0.308 e. The highest BCUT2D eigenvalue weighted by Gasteiger charge is 2.22. The van der Waals surface area contributed by atoms with Crippen molar-refractivity contribution in [1.82, 2.24) is 4.90 Å². The van der Waals surface area contributed by atoms with Gasteiger partial charge in [-0.3, -0.25) is 14.4 Å². The van der Waals surface area contributed by atoms with Gasteiger partial charge in [-0.05, 0) is 61.9 Å². The first-order valence-corrected chi connectivity index (χ1v) is 11.0. The topological polar surface area (TPSA) is 108 Å². The molecule has 2 N–H and O–H groups in total. The van der Waals surface area contributed by atoms with Crippen LogP contribution < -0.4 is 10.1 Å². The van der Waals surface area contributed by atoms with Gasteiger partial charge in [-0.15, -0.1) is 0 Å². The van der Waals surface area contributed by atoms with Crippen molar-refractivity contribution in [3.8, 4) is 5.75 Å². The molecule has 2 amide bonds. The number of nitrogens with zero attached hydrogens (tertiary/aromatic N) is 2. The van der Waals surface area contributed by atoms with E-state index in [1.54, 1.807) is 49.4 Å². The summed E-state index contributed by atoms with van der Waals surface area (Å²) in [6.07, 6.45) is 3.02. The summed E-state index contributed by atoms with van der Waals surface area (Å²) in [4.78, 5) is 37.5. The standard InChI is InChI=1S/C25H29N3O5/c1-17(29)28-14-12-19(13-15-28)8-10-23(27-32)22-16-21(9-11-24(22)33-18(2)30)26-25(31)20-6-4-3-5-7-20/h3-7,9,11,16,19,32H,8,10,12-15H2,1-2H3,(H,26,31). The Balaban J connectivity index is 1.74. The van der Waals surface area contributed by atoms with E-state index in [9.17, 15) is 19.6 Å². The number of likely N-dealkylation sites (tertiary alicyclic amines) is 1. The van der Waals surface area contributed by atoms with E-state index < -0.39 is 5.97 Å². The molecule has 1 aliphatic rings. The monoisotopic (exact) mass is 451 g/mol. The van der Waals surface area contributed by atoms with Crippen molar-refractivity contribution in [2.75, 3.05) is 18.4 Å². The van der Waals surface area contributed by atoms with Gasteiger partial charge < -0.3 is 20.2 Å². The zero-order valence-electron chi connectivity index (χ0n) is 18.9. The van der Waals surface area contributed by atoms with E-state index in [0.29, 0.717) is 34.9 Å². The van der Waals surface area contributed by atoms with Crippen LogP contribution in [0, 0.1) is 5.92 Å². The lowest BCUT2D eigenvalue weighted by molar-refractivity contribution is -0.132. The summed E-state index contributed by atoms with van der Waals surface area (Å²) in [5.41, 5.74) is 1.82. The molecule has 0 aliphatic carbocycles. The predicted octanol–water partition coefficient (Wildman–Crippen LogP) is 4.08. The van der Waals surface area contributed by atoms with Crippen molar-refractivity contribution in [3.05, 3.63) is 59.7 Å². The van der Waals surface area contributed by atoms with Crippen LogP contribution >= 0.6 is 0 Å². The summed E-state index contributed by atoms with van der Waals surface area (Å²) in [5.74, 6) is -0.0194. The number of hydrogen-bond donors (Lipinski definition) is 2. The Hall–Kier alpha value is -3.68. The van der Waals surface area contributed by atoms with Crippen molar-refractivity contribution in [2.24, 2.45) is 11.1 Å². The fourth-order valence-corrected chi connectivity index (χ4v) is 3.99. The van der Waals surface area contributed by atoms with Crippen LogP contribution in [-0.2, 0) is 9.59 Å². The second-order valence-electron chi connectivity index (χ2n) is 8.16. The fourth-order valence-electron chi connectivity index (χ4n) is 3.99. The van der Waals surface area contributed by atoms with Gasteiger partial charge in [-0.25, -0.2) is 0 Å². The van der Waals surface area contributed by atoms with Gasteiger partial charge in [0.2, 0.25) is 5.91 Å². The molecule has 174 valence electrons. The molecule has 2 aromatic rings. The van der Waals surface area contributed by atoms with Crippen LogP contribution in [0.3, 0.4) is 0 Å². The summed E-state index contributed by atoms with van der Waals surface area (Å²) >= 11 is 0. The lowest BCUT2D eigenvalue weighted by atomic mass is 9.90. The second kappa shape index (κ2) is 11.3. The minimum atomic E-state index is -0.494. The Kier molecular flexibility index (Phi) is 8.18. The van der Waals surface area contributed by atoms with Gasteiger partial charge in [0.05, 0.1) is 5.71 Å². The Morgan fingerprint density at radius 3 is 2.39 bits per heavy atom. The van der Waals surface area contributed by atoms with Crippen molar-refractivity contribution in [1.29, 1.82) is 0 Å². The van der Waals surface area contributed by atoms with Crippen LogP contribution in [0.5, 0.6) is 5.75 Å². The SMILES string of the molecule is CC(=O)Oc1ccc(NC(=O)c2ccccc2)cc1C(CCC1CCN(C(C)=O)CC1)=NO. The molecule has 0 unspecified atom stereocenters. The van der Waals surface area contributed by atoms with Crippen molar-refractivity contribution < 1.29 is 24.3 Å². The average molecular weight is 452 g/mol.